The molecule has 0 atom stereocenters. The number of sulfonamides is 1. The maximum atomic E-state index is 14.1. The molecule has 1 fully saturated rings. The van der Waals surface area contributed by atoms with E-state index in [2.05, 4.69) is 5.32 Å². The normalized spacial score (nSPS) is 14.8. The Morgan fingerprint density at radius 3 is 2.36 bits per heavy atom. The highest BCUT2D eigenvalue weighted by Crippen LogP contribution is 2.26. The fourth-order valence-corrected chi connectivity index (χ4v) is 4.43. The standard InChI is InChI=1S/C17H15F2N3O5S/c18-13-6-4-12(22(24)25)10-15(13)20-17(23)11-3-5-14(19)16(9-11)28(26,27)21-7-1-2-8-21/h3-6,9-10H,1-2,7-8H2,(H,20,23). The maximum absolute atomic E-state index is 14.1. The zero-order valence-corrected chi connectivity index (χ0v) is 15.2. The van der Waals surface area contributed by atoms with Gasteiger partial charge in [0, 0.05) is 30.8 Å². The smallest absolute Gasteiger partial charge is 0.271 e. The number of hydrogen-bond donors (Lipinski definition) is 1. The second kappa shape index (κ2) is 7.60. The lowest BCUT2D eigenvalue weighted by Gasteiger charge is -2.16. The summed E-state index contributed by atoms with van der Waals surface area (Å²) in [5, 5.41) is 12.9. The van der Waals surface area contributed by atoms with Gasteiger partial charge >= 0.3 is 0 Å². The van der Waals surface area contributed by atoms with Crippen LogP contribution in [-0.4, -0.2) is 36.6 Å². The van der Waals surface area contributed by atoms with Crippen LogP contribution in [0.3, 0.4) is 0 Å². The Morgan fingerprint density at radius 1 is 1.07 bits per heavy atom. The number of carbonyl (C=O) groups is 1. The molecule has 0 saturated carbocycles. The van der Waals surface area contributed by atoms with E-state index in [4.69, 9.17) is 0 Å². The third-order valence-electron chi connectivity index (χ3n) is 4.29. The molecule has 3 rings (SSSR count). The molecule has 1 saturated heterocycles. The minimum Gasteiger partial charge on any atom is -0.319 e. The Hall–Kier alpha value is -2.92. The molecule has 8 nitrogen and oxygen atoms in total. The van der Waals surface area contributed by atoms with Crippen molar-refractivity contribution in [3.8, 4) is 0 Å². The summed E-state index contributed by atoms with van der Waals surface area (Å²) in [5.74, 6) is -2.85. The van der Waals surface area contributed by atoms with E-state index in [1.807, 2.05) is 0 Å². The number of non-ortho nitro benzene ring substituents is 1. The zero-order chi connectivity index (χ0) is 20.5. The number of nitro benzene ring substituents is 1. The van der Waals surface area contributed by atoms with Crippen LogP contribution in [0, 0.1) is 21.7 Å². The Balaban J connectivity index is 1.91. The minimum absolute atomic E-state index is 0.231. The molecule has 148 valence electrons. The molecule has 1 aliphatic rings. The molecule has 2 aromatic carbocycles. The fourth-order valence-electron chi connectivity index (χ4n) is 2.83. The molecule has 28 heavy (non-hydrogen) atoms. The molecule has 0 spiro atoms. The van der Waals surface area contributed by atoms with Crippen LogP contribution in [0.2, 0.25) is 0 Å². The maximum Gasteiger partial charge on any atom is 0.271 e. The third-order valence-corrected chi connectivity index (χ3v) is 6.20. The van der Waals surface area contributed by atoms with Gasteiger partial charge in [0.1, 0.15) is 16.5 Å². The quantitative estimate of drug-likeness (QED) is 0.601. The van der Waals surface area contributed by atoms with Gasteiger partial charge in [0.25, 0.3) is 11.6 Å². The molecule has 0 bridgehead atoms. The molecule has 0 aromatic heterocycles. The topological polar surface area (TPSA) is 110 Å². The van der Waals surface area contributed by atoms with Gasteiger partial charge in [-0.25, -0.2) is 17.2 Å². The van der Waals surface area contributed by atoms with Crippen LogP contribution in [0.4, 0.5) is 20.2 Å². The summed E-state index contributed by atoms with van der Waals surface area (Å²) in [7, 11) is -4.11. The van der Waals surface area contributed by atoms with E-state index >= 15 is 0 Å². The molecular weight excluding hydrogens is 396 g/mol. The summed E-state index contributed by atoms with van der Waals surface area (Å²) < 4.78 is 54.3. The van der Waals surface area contributed by atoms with Gasteiger partial charge in [-0.1, -0.05) is 0 Å². The summed E-state index contributed by atoms with van der Waals surface area (Å²) in [6.07, 6.45) is 1.32. The van der Waals surface area contributed by atoms with Crippen LogP contribution >= 0.6 is 0 Å². The predicted octanol–water partition coefficient (Wildman–Crippen LogP) is 2.91. The molecule has 0 aliphatic carbocycles. The number of amides is 1. The fraction of sp³-hybridized carbons (Fsp3) is 0.235. The second-order valence-electron chi connectivity index (χ2n) is 6.13. The van der Waals surface area contributed by atoms with Crippen LogP contribution < -0.4 is 5.32 Å². The molecule has 0 unspecified atom stereocenters. The van der Waals surface area contributed by atoms with E-state index in [0.29, 0.717) is 12.8 Å². The number of nitrogens with one attached hydrogen (secondary N) is 1. The zero-order valence-electron chi connectivity index (χ0n) is 14.4. The minimum atomic E-state index is -4.11. The first-order valence-electron chi connectivity index (χ1n) is 8.25. The van der Waals surface area contributed by atoms with E-state index in [1.54, 1.807) is 0 Å². The van der Waals surface area contributed by atoms with E-state index in [-0.39, 0.29) is 18.7 Å². The van der Waals surface area contributed by atoms with E-state index in [0.717, 1.165) is 40.7 Å². The van der Waals surface area contributed by atoms with Crippen molar-refractivity contribution in [1.82, 2.24) is 4.31 Å². The summed E-state index contributed by atoms with van der Waals surface area (Å²) in [4.78, 5) is 21.8. The highest BCUT2D eigenvalue weighted by atomic mass is 32.2. The molecule has 1 aliphatic heterocycles. The number of nitro groups is 1. The summed E-state index contributed by atoms with van der Waals surface area (Å²) >= 11 is 0. The van der Waals surface area contributed by atoms with Crippen molar-refractivity contribution in [3.63, 3.8) is 0 Å². The third kappa shape index (κ3) is 3.85. The Labute approximate surface area is 159 Å². The second-order valence-corrected chi connectivity index (χ2v) is 8.04. The van der Waals surface area contributed by atoms with Crippen LogP contribution in [0.1, 0.15) is 23.2 Å². The number of carbonyl (C=O) groups excluding carboxylic acids is 1. The van der Waals surface area contributed by atoms with Gasteiger partial charge in [-0.15, -0.1) is 0 Å². The lowest BCUT2D eigenvalue weighted by atomic mass is 10.2. The van der Waals surface area contributed by atoms with E-state index in [9.17, 15) is 32.1 Å². The van der Waals surface area contributed by atoms with Crippen LogP contribution in [0.15, 0.2) is 41.3 Å². The molecule has 1 amide bonds. The first-order valence-corrected chi connectivity index (χ1v) is 9.69. The predicted molar refractivity (Wildman–Crippen MR) is 95.4 cm³/mol. The van der Waals surface area contributed by atoms with E-state index in [1.165, 1.54) is 0 Å². The van der Waals surface area contributed by atoms with Gasteiger partial charge in [0.05, 0.1) is 10.6 Å². The Bertz CT molecular complexity index is 1050. The van der Waals surface area contributed by atoms with Crippen LogP contribution in [0.25, 0.3) is 0 Å². The Morgan fingerprint density at radius 2 is 1.71 bits per heavy atom. The molecular formula is C17H15F2N3O5S. The van der Waals surface area contributed by atoms with Crippen molar-refractivity contribution >= 4 is 27.3 Å². The van der Waals surface area contributed by atoms with Crippen molar-refractivity contribution in [1.29, 1.82) is 0 Å². The van der Waals surface area contributed by atoms with Crippen LogP contribution in [0.5, 0.6) is 0 Å². The monoisotopic (exact) mass is 411 g/mol. The SMILES string of the molecule is O=C(Nc1cc([N+](=O)[O-])ccc1F)c1ccc(F)c(S(=O)(=O)N2CCCC2)c1. The van der Waals surface area contributed by atoms with Gasteiger partial charge in [-0.05, 0) is 37.1 Å². The van der Waals surface area contributed by atoms with Crippen LogP contribution in [-0.2, 0) is 10.0 Å². The average molecular weight is 411 g/mol. The van der Waals surface area contributed by atoms with E-state index < -0.39 is 48.8 Å². The highest BCUT2D eigenvalue weighted by molar-refractivity contribution is 7.89. The van der Waals surface area contributed by atoms with Crippen molar-refractivity contribution < 1.29 is 26.9 Å². The van der Waals surface area contributed by atoms with Gasteiger partial charge in [-0.3, -0.25) is 14.9 Å². The van der Waals surface area contributed by atoms with Gasteiger partial charge in [0.15, 0.2) is 0 Å². The Kier molecular flexibility index (Phi) is 5.38. The number of rotatable bonds is 5. The summed E-state index contributed by atoms with van der Waals surface area (Å²) in [6.45, 7) is 0.522. The first kappa shape index (κ1) is 19.8. The lowest BCUT2D eigenvalue weighted by Crippen LogP contribution is -2.29. The first-order chi connectivity index (χ1) is 13.2. The summed E-state index contributed by atoms with van der Waals surface area (Å²) in [5.41, 5.74) is -1.12. The number of halogens is 2. The lowest BCUT2D eigenvalue weighted by molar-refractivity contribution is -0.384. The highest BCUT2D eigenvalue weighted by Gasteiger charge is 2.30. The molecule has 1 heterocycles. The largest absolute Gasteiger partial charge is 0.319 e. The van der Waals surface area contributed by atoms with Gasteiger partial charge < -0.3 is 5.32 Å². The molecule has 0 radical (unpaired) electrons. The van der Waals surface area contributed by atoms with Crippen molar-refractivity contribution in [2.75, 3.05) is 18.4 Å². The van der Waals surface area contributed by atoms with Crippen molar-refractivity contribution in [2.45, 2.75) is 17.7 Å². The number of anilines is 1. The molecule has 11 heteroatoms. The van der Waals surface area contributed by atoms with Crippen molar-refractivity contribution in [2.24, 2.45) is 0 Å². The number of benzene rings is 2. The molecule has 1 N–H and O–H groups in total. The number of hydrogen-bond acceptors (Lipinski definition) is 5. The summed E-state index contributed by atoms with van der Waals surface area (Å²) in [6, 6.07) is 5.34. The van der Waals surface area contributed by atoms with Gasteiger partial charge in [-0.2, -0.15) is 4.31 Å². The van der Waals surface area contributed by atoms with Crippen molar-refractivity contribution in [3.05, 3.63) is 63.7 Å². The molecule has 2 aromatic rings. The average Bonchev–Trinajstić information content (AvgIpc) is 3.19. The number of nitrogens with zero attached hydrogens (tertiary/aromatic N) is 2. The van der Waals surface area contributed by atoms with Gasteiger partial charge in [0.2, 0.25) is 10.0 Å².